The zero-order valence-corrected chi connectivity index (χ0v) is 12.5. The van der Waals surface area contributed by atoms with Crippen LogP contribution >= 0.6 is 11.8 Å². The molecule has 0 atom stereocenters. The van der Waals surface area contributed by atoms with Gasteiger partial charge >= 0.3 is 0 Å². The molecule has 1 N–H and O–H groups in total. The Bertz CT molecular complexity index is 572. The van der Waals surface area contributed by atoms with Crippen molar-refractivity contribution in [2.24, 2.45) is 0 Å². The lowest BCUT2D eigenvalue weighted by atomic mass is 10.2. The molecule has 0 fully saturated rings. The highest BCUT2D eigenvalue weighted by molar-refractivity contribution is 7.99. The van der Waals surface area contributed by atoms with E-state index in [2.05, 4.69) is 29.3 Å². The monoisotopic (exact) mass is 277 g/mol. The molecule has 0 spiro atoms. The first-order chi connectivity index (χ1) is 8.88. The first-order valence-corrected chi connectivity index (χ1v) is 7.20. The molecule has 1 heterocycles. The van der Waals surface area contributed by atoms with Crippen molar-refractivity contribution in [3.63, 3.8) is 0 Å². The van der Waals surface area contributed by atoms with Crippen LogP contribution in [0.3, 0.4) is 0 Å². The molecule has 1 aromatic heterocycles. The summed E-state index contributed by atoms with van der Waals surface area (Å²) in [5.41, 5.74) is 1.54. The van der Waals surface area contributed by atoms with Crippen molar-refractivity contribution in [2.45, 2.75) is 38.5 Å². The highest BCUT2D eigenvalue weighted by Gasteiger charge is 2.18. The molecule has 0 saturated heterocycles. The second-order valence-electron chi connectivity index (χ2n) is 5.25. The standard InChI is InChI=1S/C14H19N3OS/c1-10-7-5-6-8-12(10)17-11(2)15-16-13(17)19-9-14(3,4)18/h5-8,18H,9H2,1-4H3. The Labute approximate surface area is 117 Å². The van der Waals surface area contributed by atoms with Gasteiger partial charge in [0, 0.05) is 5.75 Å². The third-order valence-electron chi connectivity index (χ3n) is 2.71. The van der Waals surface area contributed by atoms with Crippen molar-refractivity contribution in [3.8, 4) is 5.69 Å². The van der Waals surface area contributed by atoms with E-state index in [9.17, 15) is 5.11 Å². The summed E-state index contributed by atoms with van der Waals surface area (Å²) in [5, 5.41) is 19.0. The largest absolute Gasteiger partial charge is 0.390 e. The molecule has 4 nitrogen and oxygen atoms in total. The number of aromatic nitrogens is 3. The molecule has 19 heavy (non-hydrogen) atoms. The van der Waals surface area contributed by atoms with Crippen molar-refractivity contribution in [2.75, 3.05) is 5.75 Å². The van der Waals surface area contributed by atoms with Crippen LogP contribution in [-0.2, 0) is 0 Å². The van der Waals surface area contributed by atoms with Crippen molar-refractivity contribution in [3.05, 3.63) is 35.7 Å². The Kier molecular flexibility index (Phi) is 3.96. The quantitative estimate of drug-likeness (QED) is 0.873. The lowest BCUT2D eigenvalue weighted by Crippen LogP contribution is -2.22. The zero-order valence-electron chi connectivity index (χ0n) is 11.7. The third kappa shape index (κ3) is 3.36. The first-order valence-electron chi connectivity index (χ1n) is 6.22. The van der Waals surface area contributed by atoms with Crippen molar-refractivity contribution >= 4 is 11.8 Å². The van der Waals surface area contributed by atoms with E-state index in [0.29, 0.717) is 5.75 Å². The van der Waals surface area contributed by atoms with E-state index in [-0.39, 0.29) is 0 Å². The highest BCUT2D eigenvalue weighted by Crippen LogP contribution is 2.26. The van der Waals surface area contributed by atoms with Gasteiger partial charge in [-0.3, -0.25) is 4.57 Å². The van der Waals surface area contributed by atoms with Gasteiger partial charge in [-0.25, -0.2) is 0 Å². The Morgan fingerprint density at radius 2 is 1.89 bits per heavy atom. The summed E-state index contributed by atoms with van der Waals surface area (Å²) < 4.78 is 2.03. The van der Waals surface area contributed by atoms with Gasteiger partial charge in [0.05, 0.1) is 11.3 Å². The van der Waals surface area contributed by atoms with Crippen molar-refractivity contribution < 1.29 is 5.11 Å². The van der Waals surface area contributed by atoms with Gasteiger partial charge in [-0.15, -0.1) is 10.2 Å². The minimum Gasteiger partial charge on any atom is -0.390 e. The Hall–Kier alpha value is -1.33. The second-order valence-corrected chi connectivity index (χ2v) is 6.20. The van der Waals surface area contributed by atoms with Crippen molar-refractivity contribution in [1.82, 2.24) is 14.8 Å². The molecule has 0 bridgehead atoms. The van der Waals surface area contributed by atoms with Crippen LogP contribution in [0.5, 0.6) is 0 Å². The van der Waals surface area contributed by atoms with Crippen LogP contribution in [0.1, 0.15) is 25.2 Å². The first kappa shape index (κ1) is 14.1. The number of thioether (sulfide) groups is 1. The summed E-state index contributed by atoms with van der Waals surface area (Å²) in [6, 6.07) is 8.15. The lowest BCUT2D eigenvalue weighted by molar-refractivity contribution is 0.107. The van der Waals surface area contributed by atoms with Gasteiger partial charge in [0.1, 0.15) is 5.82 Å². The average molecular weight is 277 g/mol. The fraction of sp³-hybridized carbons (Fsp3) is 0.429. The van der Waals surface area contributed by atoms with Crippen LogP contribution in [-0.4, -0.2) is 31.2 Å². The molecule has 0 radical (unpaired) electrons. The predicted octanol–water partition coefficient (Wildman–Crippen LogP) is 2.75. The van der Waals surface area contributed by atoms with Gasteiger partial charge in [-0.2, -0.15) is 0 Å². The van der Waals surface area contributed by atoms with Crippen LogP contribution in [0.2, 0.25) is 0 Å². The number of rotatable bonds is 4. The fourth-order valence-corrected chi connectivity index (χ4v) is 2.71. The highest BCUT2D eigenvalue weighted by atomic mass is 32.2. The van der Waals surface area contributed by atoms with Crippen LogP contribution in [0.4, 0.5) is 0 Å². The zero-order chi connectivity index (χ0) is 14.0. The van der Waals surface area contributed by atoms with Gasteiger partial charge in [0.25, 0.3) is 0 Å². The molecule has 1 aromatic carbocycles. The number of aliphatic hydroxyl groups is 1. The number of aryl methyl sites for hydroxylation is 2. The molecule has 0 saturated carbocycles. The summed E-state index contributed by atoms with van der Waals surface area (Å²) in [4.78, 5) is 0. The third-order valence-corrected chi connectivity index (χ3v) is 4.08. The number of benzene rings is 1. The average Bonchev–Trinajstić information content (AvgIpc) is 2.68. The van der Waals surface area contributed by atoms with Gasteiger partial charge in [0.15, 0.2) is 5.16 Å². The minimum atomic E-state index is -0.721. The molecule has 102 valence electrons. The smallest absolute Gasteiger partial charge is 0.195 e. The van der Waals surface area contributed by atoms with E-state index < -0.39 is 5.60 Å². The summed E-state index contributed by atoms with van der Waals surface area (Å²) >= 11 is 1.52. The SMILES string of the molecule is Cc1ccccc1-n1c(C)nnc1SCC(C)(C)O. The van der Waals surface area contributed by atoms with E-state index in [1.165, 1.54) is 17.3 Å². The van der Waals surface area contributed by atoms with Crippen LogP contribution in [0, 0.1) is 13.8 Å². The summed E-state index contributed by atoms with van der Waals surface area (Å²) in [6.45, 7) is 7.59. The van der Waals surface area contributed by atoms with Crippen molar-refractivity contribution in [1.29, 1.82) is 0 Å². The molecule has 0 aliphatic carbocycles. The molecule has 0 amide bonds. The second kappa shape index (κ2) is 5.35. The normalized spacial score (nSPS) is 11.8. The van der Waals surface area contributed by atoms with Gasteiger partial charge in [-0.1, -0.05) is 30.0 Å². The Balaban J connectivity index is 2.36. The lowest BCUT2D eigenvalue weighted by Gasteiger charge is -2.16. The Morgan fingerprint density at radius 3 is 2.53 bits per heavy atom. The van der Waals surface area contributed by atoms with Gasteiger partial charge in [-0.05, 0) is 39.3 Å². The summed E-state index contributed by atoms with van der Waals surface area (Å²) in [5.74, 6) is 1.43. The molecule has 0 unspecified atom stereocenters. The molecule has 0 aliphatic heterocycles. The number of nitrogens with zero attached hydrogens (tertiary/aromatic N) is 3. The molecular weight excluding hydrogens is 258 g/mol. The van der Waals surface area contributed by atoms with E-state index >= 15 is 0 Å². The van der Waals surface area contributed by atoms with Crippen LogP contribution in [0.25, 0.3) is 5.69 Å². The van der Waals surface area contributed by atoms with Gasteiger partial charge < -0.3 is 5.11 Å². The topological polar surface area (TPSA) is 50.9 Å². The molecule has 2 rings (SSSR count). The fourth-order valence-electron chi connectivity index (χ4n) is 1.77. The summed E-state index contributed by atoms with van der Waals surface area (Å²) in [7, 11) is 0. The number of hydrogen-bond acceptors (Lipinski definition) is 4. The van der Waals surface area contributed by atoms with E-state index in [4.69, 9.17) is 0 Å². The molecule has 2 aromatic rings. The van der Waals surface area contributed by atoms with Gasteiger partial charge in [0.2, 0.25) is 0 Å². The van der Waals surface area contributed by atoms with E-state index in [1.54, 1.807) is 13.8 Å². The summed E-state index contributed by atoms with van der Waals surface area (Å²) in [6.07, 6.45) is 0. The van der Waals surface area contributed by atoms with E-state index in [0.717, 1.165) is 16.7 Å². The van der Waals surface area contributed by atoms with Crippen LogP contribution in [0.15, 0.2) is 29.4 Å². The molecule has 0 aliphatic rings. The van der Waals surface area contributed by atoms with E-state index in [1.807, 2.05) is 23.6 Å². The number of hydrogen-bond donors (Lipinski definition) is 1. The molecular formula is C14H19N3OS. The Morgan fingerprint density at radius 1 is 1.21 bits per heavy atom. The minimum absolute atomic E-state index is 0.580. The maximum absolute atomic E-state index is 9.82. The maximum atomic E-state index is 9.82. The molecule has 5 heteroatoms. The van der Waals surface area contributed by atoms with Crippen LogP contribution < -0.4 is 0 Å². The predicted molar refractivity (Wildman–Crippen MR) is 77.9 cm³/mol. The maximum Gasteiger partial charge on any atom is 0.195 e. The number of para-hydroxylation sites is 1.